The fourth-order valence-electron chi connectivity index (χ4n) is 4.09. The van der Waals surface area contributed by atoms with Gasteiger partial charge in [-0.25, -0.2) is 14.8 Å². The van der Waals surface area contributed by atoms with Crippen LogP contribution in [0.15, 0.2) is 30.6 Å². The van der Waals surface area contributed by atoms with Crippen molar-refractivity contribution < 1.29 is 14.3 Å². The average molecular weight is 448 g/mol. The van der Waals surface area contributed by atoms with Crippen molar-refractivity contribution in [3.05, 3.63) is 41.9 Å². The van der Waals surface area contributed by atoms with Gasteiger partial charge in [-0.15, -0.1) is 0 Å². The molecule has 0 spiro atoms. The van der Waals surface area contributed by atoms with Gasteiger partial charge >= 0.3 is 22.6 Å². The van der Waals surface area contributed by atoms with Gasteiger partial charge in [0.1, 0.15) is 23.4 Å². The lowest BCUT2D eigenvalue weighted by atomic mass is 9.96. The molecule has 164 valence electrons. The third-order valence-corrected chi connectivity index (χ3v) is 5.66. The molecule has 1 aliphatic rings. The highest BCUT2D eigenvalue weighted by Gasteiger charge is 2.29. The Bertz CT molecular complexity index is 1180. The highest BCUT2D eigenvalue weighted by Crippen LogP contribution is 2.39. The molecule has 1 aromatic carbocycles. The van der Waals surface area contributed by atoms with Gasteiger partial charge in [-0.05, 0) is 51.3 Å². The van der Waals surface area contributed by atoms with Gasteiger partial charge < -0.3 is 24.7 Å². The number of ether oxygens (including phenoxy) is 1. The SMILES string of the molecule is CC(C)(C)OC(=O)NC1CCc2c(-c3ccc(C(=O)[NH][Al])cc3)c3c(N)ncnc3n2C1. The summed E-state index contributed by atoms with van der Waals surface area (Å²) in [6.45, 7) is 6.07. The molecule has 32 heavy (non-hydrogen) atoms. The van der Waals surface area contributed by atoms with E-state index in [9.17, 15) is 9.59 Å². The number of hydrogen-bond acceptors (Lipinski definition) is 6. The first kappa shape index (κ1) is 22.1. The summed E-state index contributed by atoms with van der Waals surface area (Å²) in [7, 11) is 0. The minimum absolute atomic E-state index is 0.0925. The van der Waals surface area contributed by atoms with E-state index in [0.717, 1.165) is 40.7 Å². The Morgan fingerprint density at radius 2 is 1.94 bits per heavy atom. The molecule has 1 aliphatic heterocycles. The van der Waals surface area contributed by atoms with E-state index in [4.69, 9.17) is 10.5 Å². The van der Waals surface area contributed by atoms with Crippen molar-refractivity contribution in [3.8, 4) is 11.1 Å². The molecule has 0 aliphatic carbocycles. The number of amides is 2. The summed E-state index contributed by atoms with van der Waals surface area (Å²) in [4.78, 5) is 32.9. The molecule has 4 N–H and O–H groups in total. The van der Waals surface area contributed by atoms with Crippen LogP contribution in [-0.2, 0) is 17.7 Å². The Morgan fingerprint density at radius 1 is 1.22 bits per heavy atom. The number of alkyl carbamates (subject to hydrolysis) is 1. The molecule has 1 unspecified atom stereocenters. The topological polar surface area (TPSA) is 124 Å². The van der Waals surface area contributed by atoms with E-state index < -0.39 is 11.7 Å². The molecule has 2 amide bonds. The normalized spacial score (nSPS) is 15.8. The maximum absolute atomic E-state index is 12.3. The third-order valence-electron chi connectivity index (χ3n) is 5.40. The summed E-state index contributed by atoms with van der Waals surface area (Å²) in [6.07, 6.45) is 2.49. The summed E-state index contributed by atoms with van der Waals surface area (Å²) in [6, 6.07) is 7.27. The van der Waals surface area contributed by atoms with Crippen LogP contribution in [0, 0.1) is 0 Å². The minimum atomic E-state index is -0.557. The maximum atomic E-state index is 12.3. The van der Waals surface area contributed by atoms with Crippen LogP contribution in [-0.4, -0.2) is 54.7 Å². The van der Waals surface area contributed by atoms with E-state index in [-0.39, 0.29) is 11.9 Å². The van der Waals surface area contributed by atoms with Crippen LogP contribution in [0.25, 0.3) is 22.2 Å². The van der Waals surface area contributed by atoms with E-state index in [1.807, 2.05) is 32.9 Å². The second kappa shape index (κ2) is 8.45. The quantitative estimate of drug-likeness (QED) is 0.529. The largest absolute Gasteiger partial charge is 0.459 e. The number of hydrogen-bond donors (Lipinski definition) is 3. The summed E-state index contributed by atoms with van der Waals surface area (Å²) < 4.78 is 10.1. The van der Waals surface area contributed by atoms with Gasteiger partial charge in [0.25, 0.3) is 0 Å². The first-order chi connectivity index (χ1) is 15.2. The molecule has 0 fully saturated rings. The van der Waals surface area contributed by atoms with Gasteiger partial charge in [-0.3, -0.25) is 4.79 Å². The van der Waals surface area contributed by atoms with Crippen LogP contribution >= 0.6 is 0 Å². The van der Waals surface area contributed by atoms with Gasteiger partial charge in [0, 0.05) is 23.4 Å². The number of carbonyl (C=O) groups is 2. The van der Waals surface area contributed by atoms with Crippen LogP contribution in [0.2, 0.25) is 0 Å². The zero-order chi connectivity index (χ0) is 23.0. The molecule has 3 heterocycles. The van der Waals surface area contributed by atoms with Crippen molar-refractivity contribution in [2.45, 2.75) is 51.8 Å². The Morgan fingerprint density at radius 3 is 2.59 bits per heavy atom. The van der Waals surface area contributed by atoms with Crippen LogP contribution in [0.4, 0.5) is 10.6 Å². The number of anilines is 1. The summed E-state index contributed by atoms with van der Waals surface area (Å²) >= 11 is 2.21. The number of nitrogens with two attached hydrogens (primary N) is 1. The molecule has 0 saturated heterocycles. The molecule has 10 heteroatoms. The lowest BCUT2D eigenvalue weighted by molar-refractivity contribution is 0.0493. The average Bonchev–Trinajstić information content (AvgIpc) is 3.07. The second-order valence-electron chi connectivity index (χ2n) is 8.82. The van der Waals surface area contributed by atoms with Crippen molar-refractivity contribution >= 4 is 45.4 Å². The minimum Gasteiger partial charge on any atom is -0.459 e. The molecular formula is C22H25AlN6O3. The molecule has 4 rings (SSSR count). The molecule has 1 atom stereocenters. The molecule has 0 saturated carbocycles. The van der Waals surface area contributed by atoms with Crippen LogP contribution in [0.1, 0.15) is 43.2 Å². The predicted octanol–water partition coefficient (Wildman–Crippen LogP) is 2.33. The predicted molar refractivity (Wildman–Crippen MR) is 122 cm³/mol. The summed E-state index contributed by atoms with van der Waals surface area (Å²) in [5, 5.41) is 3.75. The molecule has 2 radical (unpaired) electrons. The number of fused-ring (bicyclic) bond motifs is 3. The van der Waals surface area contributed by atoms with Gasteiger partial charge in [0.2, 0.25) is 5.91 Å². The molecule has 9 nitrogen and oxygen atoms in total. The zero-order valence-electron chi connectivity index (χ0n) is 18.3. The molecule has 0 bridgehead atoms. The number of carbonyl (C=O) groups excluding carboxylic acids is 2. The van der Waals surface area contributed by atoms with E-state index in [1.165, 1.54) is 6.33 Å². The highest BCUT2D eigenvalue weighted by atomic mass is 27.1. The Kier molecular flexibility index (Phi) is 5.84. The van der Waals surface area contributed by atoms with Crippen molar-refractivity contribution in [1.29, 1.82) is 0 Å². The standard InChI is InChI=1S/C22H26N6O3.Al/c1-22(2,3)31-21(30)27-14-8-9-15-16(12-4-6-13(7-5-12)19(24)29)17-18(23)25-11-26-20(17)28(15)10-14;/h4-7,11,14H,8-10H2,1-3H3,(H5,23,24,25,26,27,29,30);/q;+1/p-1. The van der Waals surface area contributed by atoms with Crippen LogP contribution in [0.5, 0.6) is 0 Å². The summed E-state index contributed by atoms with van der Waals surface area (Å²) in [5.41, 5.74) is 9.98. The zero-order valence-corrected chi connectivity index (χ0v) is 19.5. The lowest BCUT2D eigenvalue weighted by Gasteiger charge is -2.28. The number of rotatable bonds is 3. The van der Waals surface area contributed by atoms with Crippen molar-refractivity contribution in [1.82, 2.24) is 24.2 Å². The lowest BCUT2D eigenvalue weighted by Crippen LogP contribution is -2.43. The number of nitrogens with one attached hydrogen (secondary N) is 2. The number of aromatic nitrogens is 3. The molecule has 2 aromatic heterocycles. The maximum Gasteiger partial charge on any atom is 0.407 e. The number of benzene rings is 1. The van der Waals surface area contributed by atoms with E-state index in [2.05, 4.69) is 40.7 Å². The monoisotopic (exact) mass is 448 g/mol. The van der Waals surface area contributed by atoms with Gasteiger partial charge in [-0.2, -0.15) is 0 Å². The van der Waals surface area contributed by atoms with Gasteiger partial charge in [0.15, 0.2) is 0 Å². The third kappa shape index (κ3) is 4.29. The fraction of sp³-hybridized carbons (Fsp3) is 0.364. The number of nitrogens with zero attached hydrogens (tertiary/aromatic N) is 3. The highest BCUT2D eigenvalue weighted by molar-refractivity contribution is 6.18. The Hall–Kier alpha value is -3.09. The van der Waals surface area contributed by atoms with E-state index in [0.29, 0.717) is 17.9 Å². The second-order valence-corrected chi connectivity index (χ2v) is 9.11. The van der Waals surface area contributed by atoms with E-state index >= 15 is 0 Å². The smallest absolute Gasteiger partial charge is 0.407 e. The Balaban J connectivity index is 1.72. The molecule has 3 aromatic rings. The molecular weight excluding hydrogens is 423 g/mol. The fourth-order valence-corrected chi connectivity index (χ4v) is 4.26. The van der Waals surface area contributed by atoms with Crippen molar-refractivity contribution in [2.75, 3.05) is 5.73 Å². The van der Waals surface area contributed by atoms with Crippen molar-refractivity contribution in [2.24, 2.45) is 0 Å². The van der Waals surface area contributed by atoms with Crippen LogP contribution < -0.4 is 15.4 Å². The van der Waals surface area contributed by atoms with Crippen LogP contribution in [0.3, 0.4) is 0 Å². The first-order valence-electron chi connectivity index (χ1n) is 10.4. The number of nitrogen functional groups attached to an aromatic ring is 1. The van der Waals surface area contributed by atoms with E-state index in [1.54, 1.807) is 12.1 Å². The summed E-state index contributed by atoms with van der Waals surface area (Å²) in [5.74, 6) is 0.222. The van der Waals surface area contributed by atoms with Gasteiger partial charge in [0.05, 0.1) is 11.4 Å². The van der Waals surface area contributed by atoms with Gasteiger partial charge in [-0.1, -0.05) is 12.1 Å². The first-order valence-corrected chi connectivity index (χ1v) is 11.0. The van der Waals surface area contributed by atoms with Crippen molar-refractivity contribution in [3.63, 3.8) is 0 Å². The Labute approximate surface area is 194 Å².